The van der Waals surface area contributed by atoms with Crippen molar-refractivity contribution in [2.45, 2.75) is 64.7 Å². The standard InChI is InChI=1S/C16H28N4S/c1-11(2)17-9-15-12(3)18-16(21-15)20-8-7-13-5-6-14(10-20)19(13)4/h11,13-14,17H,5-10H2,1-4H3. The molecule has 2 aliphatic rings. The van der Waals surface area contributed by atoms with Crippen LogP contribution in [0.4, 0.5) is 5.13 Å². The summed E-state index contributed by atoms with van der Waals surface area (Å²) >= 11 is 1.88. The van der Waals surface area contributed by atoms with Crippen LogP contribution in [0.15, 0.2) is 0 Å². The molecule has 2 unspecified atom stereocenters. The van der Waals surface area contributed by atoms with E-state index in [1.807, 2.05) is 11.3 Å². The molecular weight excluding hydrogens is 280 g/mol. The van der Waals surface area contributed by atoms with Crippen LogP contribution in [-0.2, 0) is 6.54 Å². The largest absolute Gasteiger partial charge is 0.346 e. The zero-order chi connectivity index (χ0) is 15.0. The molecule has 2 bridgehead atoms. The third-order valence-corrected chi connectivity index (χ3v) is 6.19. The van der Waals surface area contributed by atoms with E-state index in [9.17, 15) is 0 Å². The van der Waals surface area contributed by atoms with E-state index in [0.29, 0.717) is 6.04 Å². The summed E-state index contributed by atoms with van der Waals surface area (Å²) in [6, 6.07) is 2.04. The molecule has 0 amide bonds. The van der Waals surface area contributed by atoms with Gasteiger partial charge in [0.15, 0.2) is 5.13 Å². The van der Waals surface area contributed by atoms with Gasteiger partial charge in [0.05, 0.1) is 5.69 Å². The van der Waals surface area contributed by atoms with Crippen molar-refractivity contribution in [3.05, 3.63) is 10.6 Å². The van der Waals surface area contributed by atoms with Gasteiger partial charge in [-0.05, 0) is 33.2 Å². The first-order valence-electron chi connectivity index (χ1n) is 8.21. The zero-order valence-electron chi connectivity index (χ0n) is 13.7. The number of fused-ring (bicyclic) bond motifs is 2. The van der Waals surface area contributed by atoms with Gasteiger partial charge in [-0.3, -0.25) is 4.90 Å². The van der Waals surface area contributed by atoms with Gasteiger partial charge < -0.3 is 10.2 Å². The second-order valence-electron chi connectivity index (χ2n) is 6.83. The Bertz CT molecular complexity index is 485. The minimum absolute atomic E-state index is 0.525. The molecule has 21 heavy (non-hydrogen) atoms. The summed E-state index contributed by atoms with van der Waals surface area (Å²) in [6.07, 6.45) is 4.02. The minimum atomic E-state index is 0.525. The number of thiazole rings is 1. The average Bonchev–Trinajstić information content (AvgIpc) is 2.88. The summed E-state index contributed by atoms with van der Waals surface area (Å²) in [4.78, 5) is 11.4. The molecular formula is C16H28N4S. The Morgan fingerprint density at radius 3 is 2.81 bits per heavy atom. The van der Waals surface area contributed by atoms with Gasteiger partial charge in [0.1, 0.15) is 0 Å². The van der Waals surface area contributed by atoms with Crippen LogP contribution in [0.25, 0.3) is 0 Å². The quantitative estimate of drug-likeness (QED) is 0.926. The molecule has 0 aromatic carbocycles. The van der Waals surface area contributed by atoms with E-state index in [4.69, 9.17) is 4.98 Å². The van der Waals surface area contributed by atoms with Gasteiger partial charge >= 0.3 is 0 Å². The first-order valence-corrected chi connectivity index (χ1v) is 9.03. The van der Waals surface area contributed by atoms with E-state index in [0.717, 1.165) is 31.7 Å². The molecule has 1 aromatic rings. The van der Waals surface area contributed by atoms with Crippen LogP contribution < -0.4 is 10.2 Å². The normalized spacial score (nSPS) is 26.6. The van der Waals surface area contributed by atoms with Crippen LogP contribution in [-0.4, -0.2) is 48.1 Å². The average molecular weight is 308 g/mol. The van der Waals surface area contributed by atoms with E-state index < -0.39 is 0 Å². The summed E-state index contributed by atoms with van der Waals surface area (Å²) in [7, 11) is 2.30. The zero-order valence-corrected chi connectivity index (χ0v) is 14.5. The third kappa shape index (κ3) is 3.25. The van der Waals surface area contributed by atoms with Crippen LogP contribution in [0.5, 0.6) is 0 Å². The van der Waals surface area contributed by atoms with Gasteiger partial charge in [0.2, 0.25) is 0 Å². The van der Waals surface area contributed by atoms with Gasteiger partial charge in [-0.15, -0.1) is 11.3 Å². The smallest absolute Gasteiger partial charge is 0.185 e. The Kier molecular flexibility index (Phi) is 4.52. The van der Waals surface area contributed by atoms with E-state index >= 15 is 0 Å². The van der Waals surface area contributed by atoms with Gasteiger partial charge in [-0.1, -0.05) is 13.8 Å². The number of likely N-dealkylation sites (N-methyl/N-ethyl adjacent to an activating group) is 1. The molecule has 0 spiro atoms. The topological polar surface area (TPSA) is 31.4 Å². The highest BCUT2D eigenvalue weighted by atomic mass is 32.1. The van der Waals surface area contributed by atoms with Crippen LogP contribution >= 0.6 is 11.3 Å². The van der Waals surface area contributed by atoms with Crippen molar-refractivity contribution >= 4 is 16.5 Å². The molecule has 118 valence electrons. The predicted molar refractivity (Wildman–Crippen MR) is 90.2 cm³/mol. The molecule has 4 nitrogen and oxygen atoms in total. The molecule has 1 aromatic heterocycles. The lowest BCUT2D eigenvalue weighted by atomic mass is 10.1. The van der Waals surface area contributed by atoms with Crippen molar-refractivity contribution in [2.75, 3.05) is 25.0 Å². The maximum Gasteiger partial charge on any atom is 0.185 e. The fraction of sp³-hybridized carbons (Fsp3) is 0.812. The fourth-order valence-electron chi connectivity index (χ4n) is 3.49. The van der Waals surface area contributed by atoms with Crippen LogP contribution in [0.1, 0.15) is 43.7 Å². The van der Waals surface area contributed by atoms with Crippen LogP contribution in [0, 0.1) is 6.92 Å². The van der Waals surface area contributed by atoms with Crippen molar-refractivity contribution < 1.29 is 0 Å². The van der Waals surface area contributed by atoms with E-state index in [1.54, 1.807) is 0 Å². The number of nitrogens with one attached hydrogen (secondary N) is 1. The molecule has 2 saturated heterocycles. The molecule has 1 N–H and O–H groups in total. The maximum absolute atomic E-state index is 4.85. The molecule has 5 heteroatoms. The van der Waals surface area contributed by atoms with Gasteiger partial charge in [0.25, 0.3) is 0 Å². The predicted octanol–water partition coefficient (Wildman–Crippen LogP) is 2.62. The lowest BCUT2D eigenvalue weighted by molar-refractivity contribution is 0.254. The highest BCUT2D eigenvalue weighted by Gasteiger charge is 2.35. The van der Waals surface area contributed by atoms with Crippen LogP contribution in [0.3, 0.4) is 0 Å². The number of nitrogens with zero attached hydrogens (tertiary/aromatic N) is 3. The molecule has 0 aliphatic carbocycles. The van der Waals surface area contributed by atoms with Gasteiger partial charge in [-0.25, -0.2) is 4.98 Å². The van der Waals surface area contributed by atoms with E-state index in [2.05, 4.69) is 42.9 Å². The Hall–Kier alpha value is -0.650. The van der Waals surface area contributed by atoms with Crippen LogP contribution in [0.2, 0.25) is 0 Å². The summed E-state index contributed by atoms with van der Waals surface area (Å²) in [6.45, 7) is 9.79. The SMILES string of the molecule is Cc1nc(N2CCC3CCC(C2)N3C)sc1CNC(C)C. The third-order valence-electron chi connectivity index (χ3n) is 4.97. The van der Waals surface area contributed by atoms with E-state index in [-0.39, 0.29) is 0 Å². The van der Waals surface area contributed by atoms with Gasteiger partial charge in [0, 0.05) is 42.6 Å². The number of hydrogen-bond acceptors (Lipinski definition) is 5. The lowest BCUT2D eigenvalue weighted by Gasteiger charge is -2.25. The summed E-state index contributed by atoms with van der Waals surface area (Å²) < 4.78 is 0. The van der Waals surface area contributed by atoms with Crippen molar-refractivity contribution in [3.63, 3.8) is 0 Å². The summed E-state index contributed by atoms with van der Waals surface area (Å²) in [5.74, 6) is 0. The Balaban J connectivity index is 1.70. The number of rotatable bonds is 4. The van der Waals surface area contributed by atoms with Crippen molar-refractivity contribution in [1.82, 2.24) is 15.2 Å². The number of aryl methyl sites for hydroxylation is 1. The molecule has 2 atom stereocenters. The molecule has 2 fully saturated rings. The van der Waals surface area contributed by atoms with Crippen molar-refractivity contribution in [1.29, 1.82) is 0 Å². The van der Waals surface area contributed by atoms with Crippen molar-refractivity contribution in [3.8, 4) is 0 Å². The second kappa shape index (κ2) is 6.23. The molecule has 0 radical (unpaired) electrons. The number of hydrogen-bond donors (Lipinski definition) is 1. The maximum atomic E-state index is 4.85. The first kappa shape index (κ1) is 15.3. The Labute approximate surface area is 132 Å². The number of anilines is 1. The second-order valence-corrected chi connectivity index (χ2v) is 7.89. The highest BCUT2D eigenvalue weighted by molar-refractivity contribution is 7.15. The molecule has 3 heterocycles. The summed E-state index contributed by atoms with van der Waals surface area (Å²) in [5.41, 5.74) is 1.20. The number of aromatic nitrogens is 1. The summed E-state index contributed by atoms with van der Waals surface area (Å²) in [5, 5.41) is 4.74. The first-order chi connectivity index (χ1) is 10.0. The molecule has 0 saturated carbocycles. The Morgan fingerprint density at radius 1 is 1.29 bits per heavy atom. The highest BCUT2D eigenvalue weighted by Crippen LogP contribution is 2.33. The van der Waals surface area contributed by atoms with Gasteiger partial charge in [-0.2, -0.15) is 0 Å². The Morgan fingerprint density at radius 2 is 2.05 bits per heavy atom. The fourth-order valence-corrected chi connectivity index (χ4v) is 4.54. The lowest BCUT2D eigenvalue weighted by Crippen LogP contribution is -2.36. The molecule has 3 rings (SSSR count). The minimum Gasteiger partial charge on any atom is -0.346 e. The monoisotopic (exact) mass is 308 g/mol. The van der Waals surface area contributed by atoms with E-state index in [1.165, 1.54) is 35.0 Å². The van der Waals surface area contributed by atoms with Crippen molar-refractivity contribution in [2.24, 2.45) is 0 Å². The molecule has 2 aliphatic heterocycles.